The van der Waals surface area contributed by atoms with Gasteiger partial charge in [0, 0.05) is 24.5 Å². The Morgan fingerprint density at radius 2 is 1.90 bits per heavy atom. The van der Waals surface area contributed by atoms with Gasteiger partial charge in [0.15, 0.2) is 0 Å². The Morgan fingerprint density at radius 1 is 1.25 bits per heavy atom. The highest BCUT2D eigenvalue weighted by molar-refractivity contribution is 5.59. The quantitative estimate of drug-likeness (QED) is 0.703. The van der Waals surface area contributed by atoms with Crippen LogP contribution in [0, 0.1) is 5.41 Å². The normalized spacial score (nSPS) is 12.5. The molecule has 0 unspecified atom stereocenters. The van der Waals surface area contributed by atoms with Crippen LogP contribution in [0.4, 0.5) is 24.5 Å². The van der Waals surface area contributed by atoms with Crippen molar-refractivity contribution in [1.82, 2.24) is 0 Å². The van der Waals surface area contributed by atoms with Gasteiger partial charge >= 0.3 is 6.18 Å². The molecule has 4 N–H and O–H groups in total. The van der Waals surface area contributed by atoms with Crippen molar-refractivity contribution in [3.8, 4) is 0 Å². The van der Waals surface area contributed by atoms with Gasteiger partial charge in [-0.15, -0.1) is 0 Å². The summed E-state index contributed by atoms with van der Waals surface area (Å²) < 4.78 is 38.8. The molecule has 0 aliphatic rings. The number of alkyl halides is 3. The summed E-state index contributed by atoms with van der Waals surface area (Å²) >= 11 is 0. The third kappa shape index (κ3) is 4.92. The van der Waals surface area contributed by atoms with Crippen molar-refractivity contribution in [2.75, 3.05) is 24.2 Å². The summed E-state index contributed by atoms with van der Waals surface area (Å²) in [5, 5.41) is 11.7. The van der Waals surface area contributed by atoms with Crippen LogP contribution in [-0.2, 0) is 6.18 Å². The summed E-state index contributed by atoms with van der Waals surface area (Å²) in [6, 6.07) is 3.72. The van der Waals surface area contributed by atoms with E-state index < -0.39 is 11.7 Å². The van der Waals surface area contributed by atoms with E-state index in [-0.39, 0.29) is 23.4 Å². The number of rotatable bonds is 6. The van der Waals surface area contributed by atoms with Gasteiger partial charge in [0.25, 0.3) is 0 Å². The number of aliphatic hydroxyl groups is 1. The summed E-state index contributed by atoms with van der Waals surface area (Å²) in [6.45, 7) is 4.36. The van der Waals surface area contributed by atoms with Crippen molar-refractivity contribution in [2.45, 2.75) is 32.9 Å². The summed E-state index contributed by atoms with van der Waals surface area (Å²) in [4.78, 5) is 0. The van der Waals surface area contributed by atoms with Crippen LogP contribution in [0.25, 0.3) is 0 Å². The van der Waals surface area contributed by atoms with E-state index in [2.05, 4.69) is 5.32 Å². The Balaban J connectivity index is 2.83. The average molecular weight is 290 g/mol. The van der Waals surface area contributed by atoms with Crippen LogP contribution < -0.4 is 11.1 Å². The van der Waals surface area contributed by atoms with Gasteiger partial charge in [-0.3, -0.25) is 0 Å². The fourth-order valence-corrected chi connectivity index (χ4v) is 1.93. The molecule has 6 heteroatoms. The maximum Gasteiger partial charge on any atom is 0.418 e. The third-order valence-electron chi connectivity index (χ3n) is 3.12. The van der Waals surface area contributed by atoms with Crippen LogP contribution in [-0.4, -0.2) is 18.3 Å². The predicted molar refractivity (Wildman–Crippen MR) is 74.4 cm³/mol. The molecule has 1 aromatic rings. The summed E-state index contributed by atoms with van der Waals surface area (Å²) in [5.74, 6) is 0. The van der Waals surface area contributed by atoms with E-state index in [1.165, 1.54) is 12.1 Å². The molecule has 0 aliphatic carbocycles. The lowest BCUT2D eigenvalue weighted by Gasteiger charge is -2.26. The van der Waals surface area contributed by atoms with Gasteiger partial charge in [-0.2, -0.15) is 13.2 Å². The van der Waals surface area contributed by atoms with E-state index >= 15 is 0 Å². The second-order valence-electron chi connectivity index (χ2n) is 5.65. The zero-order valence-electron chi connectivity index (χ0n) is 11.7. The lowest BCUT2D eigenvalue weighted by Crippen LogP contribution is -2.24. The van der Waals surface area contributed by atoms with Crippen molar-refractivity contribution in [1.29, 1.82) is 0 Å². The molecule has 3 nitrogen and oxygen atoms in total. The molecule has 0 saturated heterocycles. The number of aliphatic hydroxyl groups excluding tert-OH is 1. The fourth-order valence-electron chi connectivity index (χ4n) is 1.93. The van der Waals surface area contributed by atoms with Crippen molar-refractivity contribution < 1.29 is 18.3 Å². The minimum atomic E-state index is -4.44. The van der Waals surface area contributed by atoms with E-state index in [9.17, 15) is 13.2 Å². The van der Waals surface area contributed by atoms with E-state index in [1.807, 2.05) is 13.8 Å². The molecule has 0 aliphatic heterocycles. The van der Waals surface area contributed by atoms with Crippen LogP contribution >= 0.6 is 0 Å². The highest BCUT2D eigenvalue weighted by Crippen LogP contribution is 2.36. The molecule has 0 spiro atoms. The Hall–Kier alpha value is -1.43. The third-order valence-corrected chi connectivity index (χ3v) is 3.12. The fraction of sp³-hybridized carbons (Fsp3) is 0.571. The Morgan fingerprint density at radius 3 is 2.45 bits per heavy atom. The molecule has 0 fully saturated rings. The maximum atomic E-state index is 12.9. The molecular weight excluding hydrogens is 269 g/mol. The topological polar surface area (TPSA) is 58.3 Å². The first-order valence-corrected chi connectivity index (χ1v) is 6.47. The first kappa shape index (κ1) is 16.6. The number of hydrogen-bond donors (Lipinski definition) is 3. The van der Waals surface area contributed by atoms with Crippen LogP contribution in [0.5, 0.6) is 0 Å². The van der Waals surface area contributed by atoms with E-state index in [0.29, 0.717) is 13.0 Å². The monoisotopic (exact) mass is 290 g/mol. The van der Waals surface area contributed by atoms with Crippen LogP contribution in [0.1, 0.15) is 32.3 Å². The van der Waals surface area contributed by atoms with Crippen LogP contribution in [0.2, 0.25) is 0 Å². The smallest absolute Gasteiger partial charge is 0.399 e. The molecule has 0 amide bonds. The van der Waals surface area contributed by atoms with Crippen LogP contribution in [0.3, 0.4) is 0 Å². The molecule has 0 atom stereocenters. The largest absolute Gasteiger partial charge is 0.418 e. The first-order chi connectivity index (χ1) is 9.15. The molecule has 0 radical (unpaired) electrons. The minimum absolute atomic E-state index is 0.0313. The van der Waals surface area contributed by atoms with Gasteiger partial charge in [-0.1, -0.05) is 13.8 Å². The molecule has 1 aromatic carbocycles. The maximum absolute atomic E-state index is 12.9. The second-order valence-corrected chi connectivity index (χ2v) is 5.65. The second kappa shape index (κ2) is 6.35. The zero-order valence-corrected chi connectivity index (χ0v) is 11.7. The van der Waals surface area contributed by atoms with Gasteiger partial charge in [0.05, 0.1) is 5.56 Å². The molecule has 0 aromatic heterocycles. The average Bonchev–Trinajstić information content (AvgIpc) is 2.34. The number of anilines is 2. The number of nitrogens with two attached hydrogens (primary N) is 1. The van der Waals surface area contributed by atoms with Crippen molar-refractivity contribution >= 4 is 11.4 Å². The summed E-state index contributed by atoms with van der Waals surface area (Å²) in [5.41, 5.74) is 4.58. The van der Waals surface area contributed by atoms with Crippen LogP contribution in [0.15, 0.2) is 18.2 Å². The Labute approximate surface area is 117 Å². The van der Waals surface area contributed by atoms with Crippen molar-refractivity contribution in [2.24, 2.45) is 5.41 Å². The number of hydrogen-bond acceptors (Lipinski definition) is 3. The van der Waals surface area contributed by atoms with E-state index in [0.717, 1.165) is 12.5 Å². The summed E-state index contributed by atoms with van der Waals surface area (Å²) in [7, 11) is 0. The number of nitrogens with one attached hydrogen (secondary N) is 1. The lowest BCUT2D eigenvalue weighted by molar-refractivity contribution is -0.136. The van der Waals surface area contributed by atoms with Gasteiger partial charge in [-0.25, -0.2) is 0 Å². The lowest BCUT2D eigenvalue weighted by atomic mass is 9.87. The van der Waals surface area contributed by atoms with Gasteiger partial charge in [-0.05, 0) is 36.5 Å². The number of nitrogen functional groups attached to an aromatic ring is 1. The molecule has 114 valence electrons. The molecule has 1 rings (SSSR count). The zero-order chi connectivity index (χ0) is 15.4. The number of halogens is 3. The highest BCUT2D eigenvalue weighted by Gasteiger charge is 2.34. The van der Waals surface area contributed by atoms with Gasteiger partial charge in [0.2, 0.25) is 0 Å². The predicted octanol–water partition coefficient (Wildman–Crippen LogP) is 3.50. The molecule has 0 saturated carbocycles. The molecule has 20 heavy (non-hydrogen) atoms. The molecule has 0 bridgehead atoms. The van der Waals surface area contributed by atoms with E-state index in [1.54, 1.807) is 0 Å². The summed E-state index contributed by atoms with van der Waals surface area (Å²) in [6.07, 6.45) is -3.08. The van der Waals surface area contributed by atoms with Gasteiger partial charge < -0.3 is 16.2 Å². The van der Waals surface area contributed by atoms with Gasteiger partial charge in [0.1, 0.15) is 0 Å². The van der Waals surface area contributed by atoms with Crippen molar-refractivity contribution in [3.63, 3.8) is 0 Å². The Bertz CT molecular complexity index is 445. The molecule has 0 heterocycles. The first-order valence-electron chi connectivity index (χ1n) is 6.47. The van der Waals surface area contributed by atoms with E-state index in [4.69, 9.17) is 10.8 Å². The van der Waals surface area contributed by atoms with Crippen molar-refractivity contribution in [3.05, 3.63) is 23.8 Å². The standard InChI is InChI=1S/C14H21F3N2O/c1-13(2,6-3-7-20)9-19-12-5-4-10(18)8-11(12)14(15,16)17/h4-5,8,19-20H,3,6-7,9,18H2,1-2H3. The highest BCUT2D eigenvalue weighted by atomic mass is 19.4. The molecular formula is C14H21F3N2O. The number of benzene rings is 1. The Kier molecular flexibility index (Phi) is 5.28. The minimum Gasteiger partial charge on any atom is -0.399 e. The SMILES string of the molecule is CC(C)(CCCO)CNc1ccc(N)cc1C(F)(F)F.